The predicted octanol–water partition coefficient (Wildman–Crippen LogP) is 10.9. The lowest BCUT2D eigenvalue weighted by molar-refractivity contribution is -0.0517. The van der Waals surface area contributed by atoms with Crippen LogP contribution in [0, 0.1) is 0 Å². The van der Waals surface area contributed by atoms with Crippen LogP contribution in [0.3, 0.4) is 0 Å². The van der Waals surface area contributed by atoms with E-state index in [9.17, 15) is 13.2 Å². The Morgan fingerprint density at radius 1 is 0.486 bits per heavy atom. The van der Waals surface area contributed by atoms with Gasteiger partial charge in [0.05, 0.1) is 24.6 Å². The molecule has 0 aliphatic carbocycles. The number of halogens is 3. The van der Waals surface area contributed by atoms with Crippen molar-refractivity contribution in [3.63, 3.8) is 0 Å². The molecule has 0 N–H and O–H groups in total. The molecule has 0 saturated heterocycles. The molecule has 0 aromatic carbocycles. The van der Waals surface area contributed by atoms with Gasteiger partial charge in [-0.05, 0) is 32.1 Å². The Balaban J connectivity index is 0. The Morgan fingerprint density at radius 2 is 0.703 bits per heavy atom. The topological polar surface area (TPSA) is 57.2 Å². The standard InChI is InChI=1S/C28H60P.CHF3O3S/c1-5-9-13-14-15-16-17-18-19-20-21-22-23-24-28-29(25-10-6-2,26-11-7-3)27-12-8-4;2-1(3,4)8(5,6)7/h5-28H2,1-4H3;(H,5,6,7)/q+1;/p-1. The quantitative estimate of drug-likeness (QED) is 0.0497. The molecule has 0 aromatic rings. The Bertz CT molecular complexity index is 562. The largest absolute Gasteiger partial charge is 0.741 e. The summed E-state index contributed by atoms with van der Waals surface area (Å²) in [7, 11) is -6.72. The lowest BCUT2D eigenvalue weighted by Crippen LogP contribution is -2.21. The first-order chi connectivity index (χ1) is 17.5. The van der Waals surface area contributed by atoms with Crippen molar-refractivity contribution in [1.82, 2.24) is 0 Å². The third-order valence-corrected chi connectivity index (χ3v) is 12.9. The van der Waals surface area contributed by atoms with Crippen LogP contribution in [-0.4, -0.2) is 43.1 Å². The van der Waals surface area contributed by atoms with Crippen molar-refractivity contribution in [2.24, 2.45) is 0 Å². The maximum atomic E-state index is 10.7. The lowest BCUT2D eigenvalue weighted by atomic mass is 10.0. The average molecular weight is 577 g/mol. The van der Waals surface area contributed by atoms with Crippen molar-refractivity contribution in [3.05, 3.63) is 0 Å². The summed E-state index contributed by atoms with van der Waals surface area (Å²) in [6.45, 7) is 9.48. The molecule has 0 bridgehead atoms. The zero-order valence-corrected chi connectivity index (χ0v) is 26.4. The molecular weight excluding hydrogens is 516 g/mol. The molecule has 0 unspecified atom stereocenters. The normalized spacial score (nSPS) is 12.4. The molecule has 0 saturated carbocycles. The van der Waals surface area contributed by atoms with Gasteiger partial charge in [0.1, 0.15) is 0 Å². The molecular formula is C29H60F3O3PS. The van der Waals surface area contributed by atoms with Crippen molar-refractivity contribution in [1.29, 1.82) is 0 Å². The minimum absolute atomic E-state index is 0.630. The SMILES string of the molecule is CCCCCCCCCCCCCCCC[P+](CCCC)(CCCC)CCCC.O=S(=O)([O-])C(F)(F)F. The highest BCUT2D eigenvalue weighted by molar-refractivity contribution is 7.86. The first-order valence-electron chi connectivity index (χ1n) is 15.4. The summed E-state index contributed by atoms with van der Waals surface area (Å²) in [5.74, 6) is 0. The summed E-state index contributed by atoms with van der Waals surface area (Å²) < 4.78 is 58.9. The van der Waals surface area contributed by atoms with E-state index in [1.54, 1.807) is 31.1 Å². The summed E-state index contributed by atoms with van der Waals surface area (Å²) in [5.41, 5.74) is -5.65. The van der Waals surface area contributed by atoms with Crippen LogP contribution >= 0.6 is 7.26 Å². The van der Waals surface area contributed by atoms with Crippen molar-refractivity contribution in [2.45, 2.75) is 162 Å². The van der Waals surface area contributed by atoms with Gasteiger partial charge < -0.3 is 4.55 Å². The smallest absolute Gasteiger partial charge is 0.485 e. The number of alkyl halides is 3. The number of hydrogen-bond acceptors (Lipinski definition) is 3. The van der Waals surface area contributed by atoms with E-state index in [1.165, 1.54) is 122 Å². The van der Waals surface area contributed by atoms with E-state index in [2.05, 4.69) is 27.7 Å². The molecule has 8 heteroatoms. The maximum absolute atomic E-state index is 10.7. The third kappa shape index (κ3) is 24.9. The maximum Gasteiger partial charge on any atom is 0.485 e. The van der Waals surface area contributed by atoms with Gasteiger partial charge in [0.25, 0.3) is 0 Å². The minimum atomic E-state index is -6.09. The Morgan fingerprint density at radius 3 is 0.946 bits per heavy atom. The van der Waals surface area contributed by atoms with Gasteiger partial charge in [0.2, 0.25) is 0 Å². The van der Waals surface area contributed by atoms with Crippen LogP contribution in [-0.2, 0) is 10.1 Å². The lowest BCUT2D eigenvalue weighted by Gasteiger charge is -2.28. The molecule has 3 nitrogen and oxygen atoms in total. The molecule has 0 aliphatic heterocycles. The fraction of sp³-hybridized carbons (Fsp3) is 1.00. The van der Waals surface area contributed by atoms with Crippen molar-refractivity contribution in [2.75, 3.05) is 24.6 Å². The van der Waals surface area contributed by atoms with E-state index >= 15 is 0 Å². The van der Waals surface area contributed by atoms with Gasteiger partial charge in [-0.15, -0.1) is 0 Å². The highest BCUT2D eigenvalue weighted by Crippen LogP contribution is 2.61. The summed E-state index contributed by atoms with van der Waals surface area (Å²) in [5, 5.41) is 0. The Kier molecular flexibility index (Phi) is 26.7. The molecule has 226 valence electrons. The molecule has 0 atom stereocenters. The predicted molar refractivity (Wildman–Crippen MR) is 157 cm³/mol. The summed E-state index contributed by atoms with van der Waals surface area (Å²) in [4.78, 5) is 0. The Hall–Kier alpha value is 0.130. The first-order valence-corrected chi connectivity index (χ1v) is 19.3. The second kappa shape index (κ2) is 25.1. The molecule has 0 spiro atoms. The van der Waals surface area contributed by atoms with E-state index < -0.39 is 22.9 Å². The number of hydrogen-bond donors (Lipinski definition) is 0. The third-order valence-electron chi connectivity index (χ3n) is 7.23. The van der Waals surface area contributed by atoms with Gasteiger partial charge in [0.15, 0.2) is 10.1 Å². The number of unbranched alkanes of at least 4 members (excludes halogenated alkanes) is 16. The van der Waals surface area contributed by atoms with Crippen LogP contribution in [0.4, 0.5) is 13.2 Å². The van der Waals surface area contributed by atoms with Crippen LogP contribution < -0.4 is 0 Å². The highest BCUT2D eigenvalue weighted by atomic mass is 32.2. The second-order valence-corrected chi connectivity index (χ2v) is 16.6. The van der Waals surface area contributed by atoms with Crippen molar-refractivity contribution >= 4 is 17.4 Å². The molecule has 0 radical (unpaired) electrons. The molecule has 37 heavy (non-hydrogen) atoms. The minimum Gasteiger partial charge on any atom is -0.741 e. The Labute approximate surface area is 229 Å². The zero-order chi connectivity index (χ0) is 28.5. The van der Waals surface area contributed by atoms with Crippen LogP contribution in [0.25, 0.3) is 0 Å². The van der Waals surface area contributed by atoms with Crippen molar-refractivity contribution < 1.29 is 26.1 Å². The van der Waals surface area contributed by atoms with Gasteiger partial charge in [-0.2, -0.15) is 13.2 Å². The summed E-state index contributed by atoms with van der Waals surface area (Å²) >= 11 is 0. The average Bonchev–Trinajstić information content (AvgIpc) is 2.84. The van der Waals surface area contributed by atoms with E-state index in [1.807, 2.05) is 0 Å². The number of rotatable bonds is 24. The van der Waals surface area contributed by atoms with E-state index in [0.29, 0.717) is 0 Å². The van der Waals surface area contributed by atoms with Gasteiger partial charge in [-0.25, -0.2) is 8.42 Å². The van der Waals surface area contributed by atoms with Crippen LogP contribution in [0.5, 0.6) is 0 Å². The molecule has 0 aromatic heterocycles. The van der Waals surface area contributed by atoms with Crippen LogP contribution in [0.15, 0.2) is 0 Å². The summed E-state index contributed by atoms with van der Waals surface area (Å²) in [6.07, 6.45) is 36.0. The van der Waals surface area contributed by atoms with Gasteiger partial charge >= 0.3 is 5.51 Å². The molecule has 0 heterocycles. The fourth-order valence-electron chi connectivity index (χ4n) is 4.79. The van der Waals surface area contributed by atoms with Crippen molar-refractivity contribution in [3.8, 4) is 0 Å². The monoisotopic (exact) mass is 576 g/mol. The van der Waals surface area contributed by atoms with Crippen LogP contribution in [0.2, 0.25) is 0 Å². The van der Waals surface area contributed by atoms with Gasteiger partial charge in [-0.3, -0.25) is 0 Å². The highest BCUT2D eigenvalue weighted by Gasteiger charge is 2.37. The fourth-order valence-corrected chi connectivity index (χ4v) is 9.99. The molecule has 0 fully saturated rings. The van der Waals surface area contributed by atoms with E-state index in [-0.39, 0.29) is 0 Å². The van der Waals surface area contributed by atoms with Gasteiger partial charge in [-0.1, -0.05) is 124 Å². The van der Waals surface area contributed by atoms with E-state index in [4.69, 9.17) is 13.0 Å². The summed E-state index contributed by atoms with van der Waals surface area (Å²) in [6, 6.07) is 0. The zero-order valence-electron chi connectivity index (χ0n) is 24.7. The molecule has 0 rings (SSSR count). The second-order valence-electron chi connectivity index (χ2n) is 10.8. The van der Waals surface area contributed by atoms with Gasteiger partial charge in [0, 0.05) is 7.26 Å². The van der Waals surface area contributed by atoms with Crippen LogP contribution in [0.1, 0.15) is 156 Å². The van der Waals surface area contributed by atoms with E-state index in [0.717, 1.165) is 0 Å². The molecule has 0 aliphatic rings. The first kappa shape index (κ1) is 39.3. The molecule has 0 amide bonds.